The summed E-state index contributed by atoms with van der Waals surface area (Å²) >= 11 is 0. The van der Waals surface area contributed by atoms with E-state index in [1.165, 1.54) is 7.11 Å². The molecule has 5 atom stereocenters. The van der Waals surface area contributed by atoms with E-state index in [0.717, 1.165) is 16.7 Å². The van der Waals surface area contributed by atoms with Crippen LogP contribution in [-0.2, 0) is 30.1 Å². The lowest BCUT2D eigenvalue weighted by molar-refractivity contribution is -0.296. The van der Waals surface area contributed by atoms with Crippen molar-refractivity contribution in [3.63, 3.8) is 0 Å². The number of ketones is 1. The maximum Gasteiger partial charge on any atom is 0.276 e. The predicted molar refractivity (Wildman–Crippen MR) is 124 cm³/mol. The molecule has 1 unspecified atom stereocenters. The number of fused-ring (bicyclic) bond motifs is 8. The average Bonchev–Trinajstić information content (AvgIpc) is 3.53. The molecule has 9 heteroatoms. The number of phenols is 1. The monoisotopic (exact) mass is 494 g/mol. The van der Waals surface area contributed by atoms with Crippen molar-refractivity contribution in [2.24, 2.45) is 0 Å². The van der Waals surface area contributed by atoms with Gasteiger partial charge in [0, 0.05) is 30.0 Å². The number of ether oxygens (including phenoxy) is 7. The summed E-state index contributed by atoms with van der Waals surface area (Å²) in [4.78, 5) is 12.9. The van der Waals surface area contributed by atoms with E-state index in [9.17, 15) is 9.90 Å². The topological polar surface area (TPSA) is 105 Å². The van der Waals surface area contributed by atoms with Crippen LogP contribution in [-0.4, -0.2) is 68.2 Å². The fraction of sp³-hybridized carbons (Fsp3) is 0.519. The molecule has 1 N–H and O–H groups in total. The minimum absolute atomic E-state index is 0.0434. The van der Waals surface area contributed by atoms with E-state index in [1.54, 1.807) is 7.11 Å². The molecular formula is C27H26O9. The number of aryl methyl sites for hydroxylation is 1. The number of carbonyl (C=O) groups is 1. The molecule has 3 fully saturated rings. The summed E-state index contributed by atoms with van der Waals surface area (Å²) in [6.45, 7) is 2.35. The van der Waals surface area contributed by atoms with Crippen LogP contribution in [0.25, 0.3) is 10.8 Å². The van der Waals surface area contributed by atoms with Crippen molar-refractivity contribution in [1.29, 1.82) is 0 Å². The minimum atomic E-state index is -1.36. The van der Waals surface area contributed by atoms with Gasteiger partial charge >= 0.3 is 0 Å². The second-order valence-corrected chi connectivity index (χ2v) is 9.99. The molecule has 1 spiro atoms. The molecular weight excluding hydrogens is 468 g/mol. The number of phenolic OH excluding ortho intramolecular Hbond substituents is 1. The Morgan fingerprint density at radius 3 is 2.78 bits per heavy atom. The molecule has 2 aromatic rings. The number of epoxide rings is 1. The van der Waals surface area contributed by atoms with Gasteiger partial charge < -0.3 is 38.3 Å². The van der Waals surface area contributed by atoms with E-state index < -0.39 is 29.4 Å². The van der Waals surface area contributed by atoms with E-state index in [1.807, 2.05) is 13.0 Å². The standard InChI is InChI=1S/C27H26O9/c1-5-9-32-12-26-25(11-33-25)27(31-4)24(36-26)23(34-26)17-13(2)10-15-19(22(17)35-27)20(29)18-14(21(15)30-3)7-6-8-16(18)28/h1,10,23-24,29H,6-9,11-12H2,2-4H3/t23?,24-,25-,26-,27-/m1/s1. The van der Waals surface area contributed by atoms with Crippen molar-refractivity contribution in [1.82, 2.24) is 0 Å². The number of aromatic hydroxyl groups is 1. The molecule has 2 aromatic carbocycles. The van der Waals surface area contributed by atoms with Crippen molar-refractivity contribution in [2.45, 2.75) is 55.6 Å². The van der Waals surface area contributed by atoms with Gasteiger partial charge in [0.1, 0.15) is 36.6 Å². The van der Waals surface area contributed by atoms with Crippen molar-refractivity contribution in [2.75, 3.05) is 34.0 Å². The van der Waals surface area contributed by atoms with Crippen molar-refractivity contribution in [3.05, 3.63) is 28.3 Å². The summed E-state index contributed by atoms with van der Waals surface area (Å²) in [5, 5.41) is 12.6. The fourth-order valence-corrected chi connectivity index (χ4v) is 6.81. The molecule has 0 aromatic heterocycles. The Balaban J connectivity index is 1.49. The number of methoxy groups -OCH3 is 2. The molecule has 4 aliphatic heterocycles. The fourth-order valence-electron chi connectivity index (χ4n) is 6.81. The van der Waals surface area contributed by atoms with Crippen LogP contribution in [0.3, 0.4) is 0 Å². The molecule has 0 saturated carbocycles. The number of hydrogen-bond acceptors (Lipinski definition) is 9. The van der Waals surface area contributed by atoms with Crippen LogP contribution >= 0.6 is 0 Å². The lowest BCUT2D eigenvalue weighted by Gasteiger charge is -2.48. The number of hydrogen-bond donors (Lipinski definition) is 1. The highest BCUT2D eigenvalue weighted by Crippen LogP contribution is 2.71. The Labute approximate surface area is 207 Å². The third-order valence-electron chi connectivity index (χ3n) is 8.35. The summed E-state index contributed by atoms with van der Waals surface area (Å²) in [6, 6.07) is 1.94. The third-order valence-corrected chi connectivity index (χ3v) is 8.35. The second-order valence-electron chi connectivity index (χ2n) is 9.99. The lowest BCUT2D eigenvalue weighted by atomic mass is 9.78. The molecule has 7 rings (SSSR count). The summed E-state index contributed by atoms with van der Waals surface area (Å²) in [7, 11) is 3.11. The van der Waals surface area contributed by atoms with Crippen LogP contribution < -0.4 is 9.47 Å². The van der Waals surface area contributed by atoms with Crippen LogP contribution in [0, 0.1) is 19.3 Å². The molecule has 4 heterocycles. The van der Waals surface area contributed by atoms with Gasteiger partial charge in [0.05, 0.1) is 24.7 Å². The summed E-state index contributed by atoms with van der Waals surface area (Å²) < 4.78 is 43.2. The first-order chi connectivity index (χ1) is 17.4. The third kappa shape index (κ3) is 2.33. The van der Waals surface area contributed by atoms with Gasteiger partial charge in [0.15, 0.2) is 11.9 Å². The number of carbonyl (C=O) groups excluding carboxylic acids is 1. The first-order valence-corrected chi connectivity index (χ1v) is 12.1. The SMILES string of the molecule is C#CCOC[C@@]12OC3c4c(C)cc5c(OC)c6c(c(O)c5c4O[C@](OC)([C@@H]3O1)[C@@]21CO1)C(=O)CCC6. The van der Waals surface area contributed by atoms with Crippen molar-refractivity contribution < 1.29 is 43.1 Å². The Kier molecular flexibility index (Phi) is 4.42. The van der Waals surface area contributed by atoms with E-state index in [4.69, 9.17) is 39.6 Å². The molecule has 0 radical (unpaired) electrons. The van der Waals surface area contributed by atoms with Crippen LogP contribution in [0.4, 0.5) is 0 Å². The second kappa shape index (κ2) is 7.12. The molecule has 0 amide bonds. The van der Waals surface area contributed by atoms with E-state index >= 15 is 0 Å². The normalized spacial score (nSPS) is 34.9. The van der Waals surface area contributed by atoms with E-state index in [-0.39, 0.29) is 31.4 Å². The zero-order valence-electron chi connectivity index (χ0n) is 20.3. The quantitative estimate of drug-likeness (QED) is 0.382. The van der Waals surface area contributed by atoms with Gasteiger partial charge in [-0.2, -0.15) is 0 Å². The van der Waals surface area contributed by atoms with Crippen LogP contribution in [0.1, 0.15) is 46.0 Å². The average molecular weight is 494 g/mol. The van der Waals surface area contributed by atoms with Crippen LogP contribution in [0.15, 0.2) is 6.07 Å². The molecule has 1 aliphatic carbocycles. The zero-order chi connectivity index (χ0) is 25.0. The number of Topliss-reactive ketones (excluding diaryl/α,β-unsaturated/α-hetero) is 1. The first kappa shape index (κ1) is 22.3. The maximum atomic E-state index is 12.9. The Hall–Kier alpha value is -2.87. The predicted octanol–water partition coefficient (Wildman–Crippen LogP) is 2.70. The van der Waals surface area contributed by atoms with Gasteiger partial charge in [-0.3, -0.25) is 4.79 Å². The van der Waals surface area contributed by atoms with Crippen LogP contribution in [0.5, 0.6) is 17.2 Å². The zero-order valence-corrected chi connectivity index (χ0v) is 20.3. The van der Waals surface area contributed by atoms with Crippen LogP contribution in [0.2, 0.25) is 0 Å². The minimum Gasteiger partial charge on any atom is -0.506 e. The summed E-state index contributed by atoms with van der Waals surface area (Å²) in [5.74, 6) is 0.552. The highest BCUT2D eigenvalue weighted by Gasteiger charge is 2.91. The summed E-state index contributed by atoms with van der Waals surface area (Å²) in [5.41, 5.74) is 1.52. The molecule has 9 nitrogen and oxygen atoms in total. The highest BCUT2D eigenvalue weighted by atomic mass is 16.9. The highest BCUT2D eigenvalue weighted by molar-refractivity contribution is 6.11. The van der Waals surface area contributed by atoms with Gasteiger partial charge in [0.2, 0.25) is 11.4 Å². The van der Waals surface area contributed by atoms with E-state index in [2.05, 4.69) is 5.92 Å². The summed E-state index contributed by atoms with van der Waals surface area (Å²) in [6.07, 6.45) is 5.86. The Bertz CT molecular complexity index is 1390. The molecule has 2 bridgehead atoms. The van der Waals surface area contributed by atoms with Gasteiger partial charge in [0.25, 0.3) is 5.79 Å². The molecule has 3 saturated heterocycles. The molecule has 5 aliphatic rings. The smallest absolute Gasteiger partial charge is 0.276 e. The van der Waals surface area contributed by atoms with E-state index in [0.29, 0.717) is 47.1 Å². The largest absolute Gasteiger partial charge is 0.506 e. The maximum absolute atomic E-state index is 12.9. The Morgan fingerprint density at radius 2 is 2.08 bits per heavy atom. The Morgan fingerprint density at radius 1 is 1.28 bits per heavy atom. The van der Waals surface area contributed by atoms with Gasteiger partial charge in [-0.05, 0) is 31.4 Å². The number of rotatable bonds is 5. The number of benzene rings is 2. The first-order valence-electron chi connectivity index (χ1n) is 12.1. The number of terminal acetylenes is 1. The van der Waals surface area contributed by atoms with Gasteiger partial charge in [-0.15, -0.1) is 6.42 Å². The van der Waals surface area contributed by atoms with Gasteiger partial charge in [-0.1, -0.05) is 5.92 Å². The van der Waals surface area contributed by atoms with Crippen molar-refractivity contribution >= 4 is 16.6 Å². The van der Waals surface area contributed by atoms with Gasteiger partial charge in [-0.25, -0.2) is 0 Å². The molecule has 36 heavy (non-hydrogen) atoms. The lowest BCUT2D eigenvalue weighted by Crippen LogP contribution is -2.68. The molecule has 188 valence electrons. The van der Waals surface area contributed by atoms with Crippen molar-refractivity contribution in [3.8, 4) is 29.6 Å².